The van der Waals surface area contributed by atoms with Crippen molar-refractivity contribution >= 4 is 11.9 Å². The molecular formula is C59H92O5. The fourth-order valence-electron chi connectivity index (χ4n) is 6.20. The van der Waals surface area contributed by atoms with Gasteiger partial charge in [0, 0.05) is 19.4 Å². The number of hydrogen-bond acceptors (Lipinski definition) is 5. The van der Waals surface area contributed by atoms with Crippen molar-refractivity contribution in [1.29, 1.82) is 0 Å². The van der Waals surface area contributed by atoms with Crippen LogP contribution < -0.4 is 0 Å². The summed E-state index contributed by atoms with van der Waals surface area (Å²) in [6, 6.07) is 0. The van der Waals surface area contributed by atoms with Gasteiger partial charge in [0.25, 0.3) is 0 Å². The first-order chi connectivity index (χ1) is 31.6. The predicted molar refractivity (Wildman–Crippen MR) is 278 cm³/mol. The highest BCUT2D eigenvalue weighted by molar-refractivity contribution is 5.70. The Morgan fingerprint density at radius 2 is 0.672 bits per heavy atom. The quantitative estimate of drug-likeness (QED) is 0.0347. The van der Waals surface area contributed by atoms with Crippen molar-refractivity contribution in [2.45, 2.75) is 194 Å². The molecule has 358 valence electrons. The van der Waals surface area contributed by atoms with Gasteiger partial charge in [0.05, 0.1) is 6.61 Å². The Bertz CT molecular complexity index is 1410. The average Bonchev–Trinajstić information content (AvgIpc) is 3.30. The Morgan fingerprint density at radius 3 is 1.09 bits per heavy atom. The lowest BCUT2D eigenvalue weighted by Gasteiger charge is -2.18. The number of allylic oxidation sites excluding steroid dienone is 24. The number of rotatable bonds is 44. The maximum absolute atomic E-state index is 12.8. The Hall–Kier alpha value is -4.22. The molecule has 0 spiro atoms. The predicted octanol–water partition coefficient (Wildman–Crippen LogP) is 17.3. The first kappa shape index (κ1) is 59.8. The molecule has 5 heteroatoms. The van der Waals surface area contributed by atoms with Crippen molar-refractivity contribution in [3.8, 4) is 0 Å². The third-order valence-corrected chi connectivity index (χ3v) is 9.85. The Balaban J connectivity index is 4.49. The zero-order valence-electron chi connectivity index (χ0n) is 41.0. The van der Waals surface area contributed by atoms with Gasteiger partial charge in [0.2, 0.25) is 0 Å². The van der Waals surface area contributed by atoms with Gasteiger partial charge in [0.15, 0.2) is 6.10 Å². The molecule has 0 rings (SSSR count). The molecule has 0 bridgehead atoms. The van der Waals surface area contributed by atoms with Gasteiger partial charge in [-0.1, -0.05) is 192 Å². The zero-order valence-corrected chi connectivity index (χ0v) is 41.0. The van der Waals surface area contributed by atoms with Crippen molar-refractivity contribution in [2.24, 2.45) is 0 Å². The summed E-state index contributed by atoms with van der Waals surface area (Å²) < 4.78 is 17.3. The number of esters is 2. The van der Waals surface area contributed by atoms with Crippen LogP contribution in [0.4, 0.5) is 0 Å². The Labute approximate surface area is 393 Å². The topological polar surface area (TPSA) is 61.8 Å². The average molecular weight is 881 g/mol. The van der Waals surface area contributed by atoms with Crippen molar-refractivity contribution in [2.75, 3.05) is 19.8 Å². The molecule has 0 aromatic rings. The summed E-state index contributed by atoms with van der Waals surface area (Å²) >= 11 is 0. The van der Waals surface area contributed by atoms with Crippen LogP contribution in [0.15, 0.2) is 146 Å². The summed E-state index contributed by atoms with van der Waals surface area (Å²) in [4.78, 5) is 25.4. The minimum atomic E-state index is -0.596. The maximum Gasteiger partial charge on any atom is 0.306 e. The molecule has 0 aliphatic carbocycles. The molecule has 0 aromatic carbocycles. The zero-order chi connectivity index (χ0) is 46.3. The SMILES string of the molecule is CC/C=C\C/C=C\C/C=C\C/C=C\C/C=C\CCCC(=O)OCC(COCCCCC/C=C\C/C=C\C/C=C\C/C=C\CC)OC(=O)CCCCCCC/C=C\C/C=C\C/C=C\CC. The van der Waals surface area contributed by atoms with E-state index in [0.29, 0.717) is 19.4 Å². The molecule has 0 fully saturated rings. The van der Waals surface area contributed by atoms with Gasteiger partial charge < -0.3 is 14.2 Å². The molecule has 1 atom stereocenters. The second-order valence-corrected chi connectivity index (χ2v) is 15.9. The third-order valence-electron chi connectivity index (χ3n) is 9.85. The monoisotopic (exact) mass is 881 g/mol. The molecule has 5 nitrogen and oxygen atoms in total. The minimum absolute atomic E-state index is 0.0251. The normalized spacial score (nSPS) is 13.5. The van der Waals surface area contributed by atoms with Crippen molar-refractivity contribution in [3.63, 3.8) is 0 Å². The van der Waals surface area contributed by atoms with Crippen LogP contribution in [0, 0.1) is 0 Å². The van der Waals surface area contributed by atoms with Crippen LogP contribution in [0.1, 0.15) is 188 Å². The maximum atomic E-state index is 12.8. The lowest BCUT2D eigenvalue weighted by atomic mass is 10.1. The summed E-state index contributed by atoms with van der Waals surface area (Å²) in [5, 5.41) is 0. The summed E-state index contributed by atoms with van der Waals surface area (Å²) in [7, 11) is 0. The van der Waals surface area contributed by atoms with Gasteiger partial charge in [-0.05, 0) is 128 Å². The molecule has 0 aromatic heterocycles. The molecule has 64 heavy (non-hydrogen) atoms. The number of ether oxygens (including phenoxy) is 3. The number of hydrogen-bond donors (Lipinski definition) is 0. The highest BCUT2D eigenvalue weighted by atomic mass is 16.6. The second-order valence-electron chi connectivity index (χ2n) is 15.9. The first-order valence-electron chi connectivity index (χ1n) is 25.4. The van der Waals surface area contributed by atoms with E-state index >= 15 is 0 Å². The molecule has 0 aliphatic heterocycles. The van der Waals surface area contributed by atoms with E-state index in [1.54, 1.807) is 0 Å². The number of unbranched alkanes of at least 4 members (excludes halogenated alkanes) is 9. The first-order valence-corrected chi connectivity index (χ1v) is 25.4. The van der Waals surface area contributed by atoms with E-state index in [9.17, 15) is 9.59 Å². The molecule has 0 radical (unpaired) electrons. The van der Waals surface area contributed by atoms with Gasteiger partial charge in [-0.25, -0.2) is 0 Å². The van der Waals surface area contributed by atoms with E-state index in [2.05, 4.69) is 167 Å². The standard InChI is InChI=1S/C59H92O5/c1-4-7-10-13-16-19-22-25-28-30-32-34-37-40-43-46-49-52-58(60)63-56-57(55-62-54-51-48-45-42-39-36-33-29-26-23-20-17-14-11-8-5-2)64-59(61)53-50-47-44-41-38-35-31-27-24-21-18-15-12-9-6-3/h7-12,16-21,25-29,31-32,34,36,39-40,43,57H,4-6,13-15,22-24,30,33,35,37-38,41-42,44-56H2,1-3H3/b10-7-,11-8-,12-9-,19-16-,20-17-,21-18-,28-25-,29-26-,31-27-,34-32-,39-36-,43-40-. The van der Waals surface area contributed by atoms with Crippen LogP contribution in [0.3, 0.4) is 0 Å². The van der Waals surface area contributed by atoms with Crippen LogP contribution in [0.5, 0.6) is 0 Å². The molecular weight excluding hydrogens is 789 g/mol. The van der Waals surface area contributed by atoms with E-state index in [-0.39, 0.29) is 25.2 Å². The van der Waals surface area contributed by atoms with Crippen molar-refractivity contribution < 1.29 is 23.8 Å². The van der Waals surface area contributed by atoms with E-state index in [4.69, 9.17) is 14.2 Å². The Kier molecular flexibility index (Phi) is 49.6. The van der Waals surface area contributed by atoms with E-state index < -0.39 is 6.10 Å². The highest BCUT2D eigenvalue weighted by Gasteiger charge is 2.17. The van der Waals surface area contributed by atoms with E-state index in [1.807, 2.05) is 0 Å². The second kappa shape index (κ2) is 53.1. The summed E-state index contributed by atoms with van der Waals surface area (Å²) in [5.41, 5.74) is 0. The van der Waals surface area contributed by atoms with Gasteiger partial charge in [-0.2, -0.15) is 0 Å². The fraction of sp³-hybridized carbons (Fsp3) is 0.559. The van der Waals surface area contributed by atoms with Gasteiger partial charge >= 0.3 is 11.9 Å². The number of carbonyl (C=O) groups is 2. The summed E-state index contributed by atoms with van der Waals surface area (Å²) in [6.07, 6.45) is 77.2. The van der Waals surface area contributed by atoms with Gasteiger partial charge in [-0.3, -0.25) is 9.59 Å². The van der Waals surface area contributed by atoms with Crippen molar-refractivity contribution in [1.82, 2.24) is 0 Å². The van der Waals surface area contributed by atoms with E-state index in [0.717, 1.165) is 148 Å². The lowest BCUT2D eigenvalue weighted by molar-refractivity contribution is -0.163. The van der Waals surface area contributed by atoms with Gasteiger partial charge in [-0.15, -0.1) is 0 Å². The fourth-order valence-corrected chi connectivity index (χ4v) is 6.20. The molecule has 0 saturated heterocycles. The van der Waals surface area contributed by atoms with Crippen LogP contribution in [0.25, 0.3) is 0 Å². The largest absolute Gasteiger partial charge is 0.462 e. The smallest absolute Gasteiger partial charge is 0.306 e. The Morgan fingerprint density at radius 1 is 0.344 bits per heavy atom. The van der Waals surface area contributed by atoms with Crippen molar-refractivity contribution in [3.05, 3.63) is 146 Å². The molecule has 0 heterocycles. The molecule has 0 aliphatic rings. The highest BCUT2D eigenvalue weighted by Crippen LogP contribution is 2.11. The van der Waals surface area contributed by atoms with Crippen LogP contribution in [0.2, 0.25) is 0 Å². The molecule has 0 saturated carbocycles. The van der Waals surface area contributed by atoms with Crippen LogP contribution in [-0.4, -0.2) is 37.9 Å². The lowest BCUT2D eigenvalue weighted by Crippen LogP contribution is -2.30. The number of carbonyl (C=O) groups excluding carboxylic acids is 2. The summed E-state index contributed by atoms with van der Waals surface area (Å²) in [5.74, 6) is -0.516. The van der Waals surface area contributed by atoms with Gasteiger partial charge in [0.1, 0.15) is 6.61 Å². The molecule has 0 N–H and O–H groups in total. The third kappa shape index (κ3) is 50.4. The van der Waals surface area contributed by atoms with Crippen LogP contribution in [-0.2, 0) is 23.8 Å². The molecule has 0 amide bonds. The van der Waals surface area contributed by atoms with E-state index in [1.165, 1.54) is 6.42 Å². The van der Waals surface area contributed by atoms with Crippen LogP contribution >= 0.6 is 0 Å². The minimum Gasteiger partial charge on any atom is -0.462 e. The summed E-state index contributed by atoms with van der Waals surface area (Å²) in [6.45, 7) is 7.31. The molecule has 1 unspecified atom stereocenters.